The Labute approximate surface area is 125 Å². The van der Waals surface area contributed by atoms with Gasteiger partial charge in [-0.25, -0.2) is 4.98 Å². The van der Waals surface area contributed by atoms with Crippen LogP contribution in [0.5, 0.6) is 0 Å². The van der Waals surface area contributed by atoms with E-state index in [9.17, 15) is 0 Å². The predicted molar refractivity (Wildman–Crippen MR) is 87.2 cm³/mol. The summed E-state index contributed by atoms with van der Waals surface area (Å²) in [6.45, 7) is 5.01. The summed E-state index contributed by atoms with van der Waals surface area (Å²) in [6, 6.07) is 16.6. The van der Waals surface area contributed by atoms with Crippen molar-refractivity contribution in [3.05, 3.63) is 65.5 Å². The van der Waals surface area contributed by atoms with Gasteiger partial charge in [0, 0.05) is 19.0 Å². The van der Waals surface area contributed by atoms with Crippen LogP contribution in [0.4, 0.5) is 0 Å². The van der Waals surface area contributed by atoms with Crippen LogP contribution < -0.4 is 5.73 Å². The van der Waals surface area contributed by atoms with Crippen molar-refractivity contribution in [2.75, 3.05) is 0 Å². The molecule has 3 aromatic rings. The number of aryl methyl sites for hydroxylation is 2. The molecule has 0 aliphatic carbocycles. The lowest BCUT2D eigenvalue weighted by atomic mass is 10.0. The summed E-state index contributed by atoms with van der Waals surface area (Å²) in [6.07, 6.45) is 0.912. The van der Waals surface area contributed by atoms with Crippen LogP contribution in [0.15, 0.2) is 48.5 Å². The monoisotopic (exact) mass is 279 g/mol. The Kier molecular flexibility index (Phi) is 3.76. The first-order valence-electron chi connectivity index (χ1n) is 7.46. The molecule has 2 aromatic carbocycles. The zero-order valence-electron chi connectivity index (χ0n) is 12.6. The van der Waals surface area contributed by atoms with E-state index in [0.29, 0.717) is 0 Å². The van der Waals surface area contributed by atoms with Gasteiger partial charge in [0.25, 0.3) is 0 Å². The van der Waals surface area contributed by atoms with Crippen LogP contribution in [0, 0.1) is 6.92 Å². The second-order valence-corrected chi connectivity index (χ2v) is 5.44. The molecule has 0 fully saturated rings. The molecule has 1 heterocycles. The summed E-state index contributed by atoms with van der Waals surface area (Å²) in [7, 11) is 0. The lowest BCUT2D eigenvalue weighted by molar-refractivity contribution is 0.567. The van der Waals surface area contributed by atoms with Crippen molar-refractivity contribution in [3.8, 4) is 0 Å². The minimum atomic E-state index is -0.0193. The third-order valence-electron chi connectivity index (χ3n) is 4.02. The summed E-state index contributed by atoms with van der Waals surface area (Å²) in [4.78, 5) is 4.71. The fourth-order valence-electron chi connectivity index (χ4n) is 2.90. The van der Waals surface area contributed by atoms with Gasteiger partial charge in [-0.05, 0) is 30.2 Å². The molecule has 1 unspecified atom stereocenters. The van der Waals surface area contributed by atoms with E-state index in [0.717, 1.165) is 24.3 Å². The molecule has 3 nitrogen and oxygen atoms in total. The van der Waals surface area contributed by atoms with E-state index in [4.69, 9.17) is 10.7 Å². The SMILES string of the molecule is CCc1nc2ccccc2n1CC(N)c1ccccc1C. The van der Waals surface area contributed by atoms with Crippen molar-refractivity contribution in [3.63, 3.8) is 0 Å². The summed E-state index contributed by atoms with van der Waals surface area (Å²) in [5, 5.41) is 0. The van der Waals surface area contributed by atoms with E-state index in [1.807, 2.05) is 6.07 Å². The molecule has 0 radical (unpaired) electrons. The highest BCUT2D eigenvalue weighted by Crippen LogP contribution is 2.22. The van der Waals surface area contributed by atoms with E-state index in [2.05, 4.69) is 60.9 Å². The van der Waals surface area contributed by atoms with Gasteiger partial charge in [0.15, 0.2) is 0 Å². The zero-order valence-corrected chi connectivity index (χ0v) is 12.6. The molecule has 0 saturated heterocycles. The van der Waals surface area contributed by atoms with Crippen molar-refractivity contribution >= 4 is 11.0 Å². The molecule has 1 aromatic heterocycles. The number of fused-ring (bicyclic) bond motifs is 1. The second kappa shape index (κ2) is 5.70. The Hall–Kier alpha value is -2.13. The minimum Gasteiger partial charge on any atom is -0.326 e. The third-order valence-corrected chi connectivity index (χ3v) is 4.02. The molecule has 0 aliphatic rings. The van der Waals surface area contributed by atoms with Gasteiger partial charge in [0.2, 0.25) is 0 Å². The average molecular weight is 279 g/mol. The maximum Gasteiger partial charge on any atom is 0.109 e. The first-order chi connectivity index (χ1) is 10.2. The van der Waals surface area contributed by atoms with Crippen LogP contribution >= 0.6 is 0 Å². The minimum absolute atomic E-state index is 0.0193. The van der Waals surface area contributed by atoms with Crippen LogP contribution in [-0.2, 0) is 13.0 Å². The van der Waals surface area contributed by atoms with Crippen LogP contribution in [-0.4, -0.2) is 9.55 Å². The highest BCUT2D eigenvalue weighted by atomic mass is 15.1. The van der Waals surface area contributed by atoms with E-state index in [1.54, 1.807) is 0 Å². The number of rotatable bonds is 4. The Morgan fingerprint density at radius 3 is 2.57 bits per heavy atom. The first kappa shape index (κ1) is 13.8. The van der Waals surface area contributed by atoms with E-state index < -0.39 is 0 Å². The van der Waals surface area contributed by atoms with E-state index in [-0.39, 0.29) is 6.04 Å². The van der Waals surface area contributed by atoms with E-state index >= 15 is 0 Å². The molecule has 108 valence electrons. The number of nitrogens with two attached hydrogens (primary N) is 1. The molecule has 1 atom stereocenters. The molecule has 0 amide bonds. The maximum atomic E-state index is 6.45. The first-order valence-corrected chi connectivity index (χ1v) is 7.46. The summed E-state index contributed by atoms with van der Waals surface area (Å²) in [5.41, 5.74) is 11.1. The fourth-order valence-corrected chi connectivity index (χ4v) is 2.90. The quantitative estimate of drug-likeness (QED) is 0.793. The lowest BCUT2D eigenvalue weighted by Gasteiger charge is -2.17. The zero-order chi connectivity index (χ0) is 14.8. The van der Waals surface area contributed by atoms with Crippen LogP contribution in [0.3, 0.4) is 0 Å². The fraction of sp³-hybridized carbons (Fsp3) is 0.278. The number of imidazole rings is 1. The van der Waals surface area contributed by atoms with Gasteiger partial charge >= 0.3 is 0 Å². The smallest absolute Gasteiger partial charge is 0.109 e. The topological polar surface area (TPSA) is 43.8 Å². The molecule has 0 bridgehead atoms. The number of hydrogen-bond acceptors (Lipinski definition) is 2. The largest absolute Gasteiger partial charge is 0.326 e. The van der Waals surface area contributed by atoms with Gasteiger partial charge in [-0.15, -0.1) is 0 Å². The molecule has 3 heteroatoms. The molecule has 0 saturated carbocycles. The third kappa shape index (κ3) is 2.57. The van der Waals surface area contributed by atoms with Crippen molar-refractivity contribution in [2.45, 2.75) is 32.9 Å². The molecule has 0 aliphatic heterocycles. The van der Waals surface area contributed by atoms with Crippen molar-refractivity contribution in [1.29, 1.82) is 0 Å². The van der Waals surface area contributed by atoms with Crippen LogP contribution in [0.1, 0.15) is 29.9 Å². The number of benzene rings is 2. The van der Waals surface area contributed by atoms with Gasteiger partial charge in [0.05, 0.1) is 11.0 Å². The molecule has 0 spiro atoms. The van der Waals surface area contributed by atoms with Gasteiger partial charge in [0.1, 0.15) is 5.82 Å². The normalized spacial score (nSPS) is 12.7. The van der Waals surface area contributed by atoms with Gasteiger partial charge in [-0.2, -0.15) is 0 Å². The second-order valence-electron chi connectivity index (χ2n) is 5.44. The average Bonchev–Trinajstić information content (AvgIpc) is 2.86. The number of nitrogens with zero attached hydrogens (tertiary/aromatic N) is 2. The van der Waals surface area contributed by atoms with Crippen LogP contribution in [0.2, 0.25) is 0 Å². The van der Waals surface area contributed by atoms with Crippen LogP contribution in [0.25, 0.3) is 11.0 Å². The number of hydrogen-bond donors (Lipinski definition) is 1. The summed E-state index contributed by atoms with van der Waals surface area (Å²) in [5.74, 6) is 1.10. The Bertz CT molecular complexity index is 758. The number of para-hydroxylation sites is 2. The molecular formula is C18H21N3. The summed E-state index contributed by atoms with van der Waals surface area (Å²) < 4.78 is 2.26. The molecule has 3 rings (SSSR count). The standard InChI is InChI=1S/C18H21N3/c1-3-18-20-16-10-6-7-11-17(16)21(18)12-15(19)14-9-5-4-8-13(14)2/h4-11,15H,3,12,19H2,1-2H3. The van der Waals surface area contributed by atoms with Gasteiger partial charge < -0.3 is 10.3 Å². The van der Waals surface area contributed by atoms with Gasteiger partial charge in [-0.1, -0.05) is 43.3 Å². The molecule has 2 N–H and O–H groups in total. The van der Waals surface area contributed by atoms with E-state index in [1.165, 1.54) is 16.6 Å². The Morgan fingerprint density at radius 1 is 1.10 bits per heavy atom. The maximum absolute atomic E-state index is 6.45. The highest BCUT2D eigenvalue weighted by molar-refractivity contribution is 5.75. The van der Waals surface area contributed by atoms with Crippen molar-refractivity contribution in [1.82, 2.24) is 9.55 Å². The summed E-state index contributed by atoms with van der Waals surface area (Å²) >= 11 is 0. The predicted octanol–water partition coefficient (Wildman–Crippen LogP) is 3.61. The van der Waals surface area contributed by atoms with Crippen molar-refractivity contribution < 1.29 is 0 Å². The highest BCUT2D eigenvalue weighted by Gasteiger charge is 2.14. The molecular weight excluding hydrogens is 258 g/mol. The van der Waals surface area contributed by atoms with Crippen molar-refractivity contribution in [2.24, 2.45) is 5.73 Å². The Morgan fingerprint density at radius 2 is 1.81 bits per heavy atom. The Balaban J connectivity index is 1.99. The van der Waals surface area contributed by atoms with Gasteiger partial charge in [-0.3, -0.25) is 0 Å². The molecule has 21 heavy (non-hydrogen) atoms. The lowest BCUT2D eigenvalue weighted by Crippen LogP contribution is -2.19. The number of aromatic nitrogens is 2.